The lowest BCUT2D eigenvalue weighted by Gasteiger charge is -2.40. The summed E-state index contributed by atoms with van der Waals surface area (Å²) in [6, 6.07) is 68.7. The highest BCUT2D eigenvalue weighted by Crippen LogP contribution is 2.58. The van der Waals surface area contributed by atoms with Crippen LogP contribution in [-0.2, 0) is 12.8 Å². The molecule has 62 heavy (non-hydrogen) atoms. The molecule has 2 aliphatic heterocycles. The van der Waals surface area contributed by atoms with E-state index in [1.54, 1.807) is 0 Å². The Morgan fingerprint density at radius 3 is 2.11 bits per heavy atom. The number of aryl methyl sites for hydroxylation is 1. The predicted octanol–water partition coefficient (Wildman–Crippen LogP) is 13.9. The van der Waals surface area contributed by atoms with E-state index in [-0.39, 0.29) is 6.04 Å². The Labute approximate surface area is 362 Å². The Bertz CT molecular complexity index is 3320. The van der Waals surface area contributed by atoms with Crippen LogP contribution < -0.4 is 10.2 Å². The lowest BCUT2D eigenvalue weighted by atomic mass is 9.75. The Morgan fingerprint density at radius 2 is 1.23 bits per heavy atom. The van der Waals surface area contributed by atoms with E-state index >= 15 is 0 Å². The normalized spacial score (nSPS) is 14.8. The largest absolute Gasteiger partial charge is 0.340 e. The van der Waals surface area contributed by atoms with Gasteiger partial charge in [-0.25, -0.2) is 4.98 Å². The van der Waals surface area contributed by atoms with Crippen molar-refractivity contribution in [2.45, 2.75) is 25.3 Å². The number of nitrogens with zero attached hydrogens (tertiary/aromatic N) is 3. The van der Waals surface area contributed by atoms with Crippen molar-refractivity contribution in [3.63, 3.8) is 0 Å². The summed E-state index contributed by atoms with van der Waals surface area (Å²) in [5.74, 6) is 0. The molecule has 8 aromatic carbocycles. The zero-order chi connectivity index (χ0) is 41.0. The number of nitrogens with one attached hydrogen (secondary N) is 1. The minimum absolute atomic E-state index is 0.125. The summed E-state index contributed by atoms with van der Waals surface area (Å²) < 4.78 is 0. The van der Waals surface area contributed by atoms with E-state index in [4.69, 9.17) is 9.97 Å². The highest BCUT2D eigenvalue weighted by atomic mass is 15.2. The smallest absolute Gasteiger partial charge is 0.0808 e. The second-order valence-corrected chi connectivity index (χ2v) is 16.6. The summed E-state index contributed by atoms with van der Waals surface area (Å²) in [4.78, 5) is 13.8. The van der Waals surface area contributed by atoms with Gasteiger partial charge in [0, 0.05) is 58.0 Å². The fourth-order valence-corrected chi connectivity index (χ4v) is 10.5. The zero-order valence-electron chi connectivity index (χ0n) is 34.4. The quantitative estimate of drug-likeness (QED) is 0.182. The molecule has 0 aliphatic carbocycles. The van der Waals surface area contributed by atoms with Crippen molar-refractivity contribution in [3.8, 4) is 44.8 Å². The van der Waals surface area contributed by atoms with E-state index in [0.717, 1.165) is 82.1 Å². The molecule has 0 radical (unpaired) electrons. The first-order valence-corrected chi connectivity index (χ1v) is 21.9. The molecule has 2 aromatic heterocycles. The monoisotopic (exact) mass is 796 g/mol. The lowest BCUT2D eigenvalue weighted by Crippen LogP contribution is -2.34. The predicted molar refractivity (Wildman–Crippen MR) is 258 cm³/mol. The SMILES string of the molecule is c1ccc(-c2c(-c3cccc4ccccc34)c(-c3ccc4ccccc4n3)c(-c3nccc4ccccc34)c(N3CCCc4ccccc43)c2C2NCCc3ccccc32)cc1. The third-order valence-corrected chi connectivity index (χ3v) is 13.2. The molecule has 0 fully saturated rings. The van der Waals surface area contributed by atoms with E-state index in [1.807, 2.05) is 6.20 Å². The molecule has 10 aromatic rings. The third-order valence-electron chi connectivity index (χ3n) is 13.2. The van der Waals surface area contributed by atoms with Gasteiger partial charge in [0.05, 0.1) is 28.6 Å². The van der Waals surface area contributed by atoms with Crippen LogP contribution in [0.3, 0.4) is 0 Å². The third kappa shape index (κ3) is 6.01. The number of rotatable bonds is 6. The van der Waals surface area contributed by atoms with E-state index in [2.05, 4.69) is 198 Å². The Morgan fingerprint density at radius 1 is 0.516 bits per heavy atom. The summed E-state index contributed by atoms with van der Waals surface area (Å²) >= 11 is 0. The van der Waals surface area contributed by atoms with Crippen molar-refractivity contribution in [1.29, 1.82) is 0 Å². The maximum absolute atomic E-state index is 5.66. The van der Waals surface area contributed by atoms with Crippen LogP contribution in [0.15, 0.2) is 194 Å². The van der Waals surface area contributed by atoms with Crippen LogP contribution in [0.4, 0.5) is 11.4 Å². The molecule has 0 bridgehead atoms. The van der Waals surface area contributed by atoms with Gasteiger partial charge >= 0.3 is 0 Å². The molecule has 12 rings (SSSR count). The van der Waals surface area contributed by atoms with Gasteiger partial charge in [0.1, 0.15) is 0 Å². The van der Waals surface area contributed by atoms with E-state index < -0.39 is 0 Å². The Balaban J connectivity index is 1.39. The first-order chi connectivity index (χ1) is 30.8. The second-order valence-electron chi connectivity index (χ2n) is 16.6. The number of hydrogen-bond donors (Lipinski definition) is 1. The summed E-state index contributed by atoms with van der Waals surface area (Å²) in [6.07, 6.45) is 5.04. The van der Waals surface area contributed by atoms with Gasteiger partial charge in [0.15, 0.2) is 0 Å². The van der Waals surface area contributed by atoms with Crippen molar-refractivity contribution < 1.29 is 0 Å². The summed E-state index contributed by atoms with van der Waals surface area (Å²) in [7, 11) is 0. The molecular formula is C58H44N4. The van der Waals surface area contributed by atoms with Crippen molar-refractivity contribution in [1.82, 2.24) is 15.3 Å². The van der Waals surface area contributed by atoms with Crippen molar-refractivity contribution in [2.24, 2.45) is 0 Å². The number of hydrogen-bond acceptors (Lipinski definition) is 4. The van der Waals surface area contributed by atoms with E-state index in [0.29, 0.717) is 0 Å². The molecule has 0 spiro atoms. The van der Waals surface area contributed by atoms with Crippen LogP contribution in [-0.4, -0.2) is 23.1 Å². The average molecular weight is 797 g/mol. The molecule has 4 heteroatoms. The molecule has 0 amide bonds. The second kappa shape index (κ2) is 15.3. The topological polar surface area (TPSA) is 41.1 Å². The fraction of sp³-hybridized carbons (Fsp3) is 0.103. The van der Waals surface area contributed by atoms with Gasteiger partial charge in [-0.1, -0.05) is 164 Å². The van der Waals surface area contributed by atoms with Gasteiger partial charge in [-0.3, -0.25) is 4.98 Å². The first-order valence-electron chi connectivity index (χ1n) is 21.9. The number of benzene rings is 8. The number of anilines is 2. The lowest BCUT2D eigenvalue weighted by molar-refractivity contribution is 0.568. The summed E-state index contributed by atoms with van der Waals surface area (Å²) in [5.41, 5.74) is 17.5. The van der Waals surface area contributed by atoms with Crippen LogP contribution in [0.2, 0.25) is 0 Å². The molecule has 4 nitrogen and oxygen atoms in total. The number of fused-ring (bicyclic) bond motifs is 5. The molecule has 0 saturated carbocycles. The summed E-state index contributed by atoms with van der Waals surface area (Å²) in [6.45, 7) is 1.73. The highest BCUT2D eigenvalue weighted by molar-refractivity contribution is 6.15. The maximum Gasteiger partial charge on any atom is 0.0808 e. The van der Waals surface area contributed by atoms with E-state index in [1.165, 1.54) is 61.1 Å². The van der Waals surface area contributed by atoms with E-state index in [9.17, 15) is 0 Å². The van der Waals surface area contributed by atoms with Gasteiger partial charge in [-0.2, -0.15) is 0 Å². The standard InChI is InChI=1S/C58H44N4/c1-2-21-43(22-3-1)51-52(47-28-14-23-38-16-4-9-25-44(38)47)53(49-32-31-41-19-7-12-29-48(41)61-49)55(57-46-27-11-6-18-40(46)34-36-60-57)58(62-37-15-24-42-20-8-13-30-50(42)62)54(51)56-45-26-10-5-17-39(45)33-35-59-56/h1-14,16-23,25-32,34,36,56,59H,15,24,33,35,37H2. The number of aromatic nitrogens is 2. The molecule has 1 N–H and O–H groups in total. The van der Waals surface area contributed by atoms with Crippen molar-refractivity contribution in [3.05, 3.63) is 217 Å². The average Bonchev–Trinajstić information content (AvgIpc) is 3.35. The van der Waals surface area contributed by atoms with Gasteiger partial charge in [0.2, 0.25) is 0 Å². The molecule has 1 unspecified atom stereocenters. The molecule has 296 valence electrons. The maximum atomic E-state index is 5.66. The van der Waals surface area contributed by atoms with Crippen LogP contribution in [0.5, 0.6) is 0 Å². The van der Waals surface area contributed by atoms with Gasteiger partial charge in [0.25, 0.3) is 0 Å². The number of pyridine rings is 2. The minimum atomic E-state index is -0.125. The fourth-order valence-electron chi connectivity index (χ4n) is 10.5. The molecular weight excluding hydrogens is 753 g/mol. The molecule has 0 saturated heterocycles. The minimum Gasteiger partial charge on any atom is -0.340 e. The van der Waals surface area contributed by atoms with Crippen molar-refractivity contribution in [2.75, 3.05) is 18.0 Å². The highest BCUT2D eigenvalue weighted by Gasteiger charge is 2.38. The molecule has 4 heterocycles. The van der Waals surface area contributed by atoms with Crippen LogP contribution in [0.25, 0.3) is 77.2 Å². The van der Waals surface area contributed by atoms with Crippen LogP contribution in [0.1, 0.15) is 34.7 Å². The van der Waals surface area contributed by atoms with Crippen LogP contribution in [0, 0.1) is 0 Å². The van der Waals surface area contributed by atoms with Gasteiger partial charge in [-0.05, 0) is 93.1 Å². The van der Waals surface area contributed by atoms with Crippen LogP contribution >= 0.6 is 0 Å². The summed E-state index contributed by atoms with van der Waals surface area (Å²) in [5, 5.41) is 9.93. The molecule has 2 aliphatic rings. The Hall–Kier alpha value is -7.40. The van der Waals surface area contributed by atoms with Gasteiger partial charge < -0.3 is 10.2 Å². The van der Waals surface area contributed by atoms with Crippen molar-refractivity contribution >= 4 is 43.8 Å². The zero-order valence-corrected chi connectivity index (χ0v) is 34.4. The van der Waals surface area contributed by atoms with Gasteiger partial charge in [-0.15, -0.1) is 0 Å². The Kier molecular flexibility index (Phi) is 8.97. The number of para-hydroxylation sites is 2. The first kappa shape index (κ1) is 36.5. The molecule has 1 atom stereocenters.